The summed E-state index contributed by atoms with van der Waals surface area (Å²) in [7, 11) is 0. The Bertz CT molecular complexity index is 798. The van der Waals surface area contributed by atoms with Gasteiger partial charge in [0.25, 0.3) is 5.91 Å². The van der Waals surface area contributed by atoms with Crippen molar-refractivity contribution >= 4 is 11.6 Å². The highest BCUT2D eigenvalue weighted by Crippen LogP contribution is 2.38. The predicted molar refractivity (Wildman–Crippen MR) is 96.2 cm³/mol. The second kappa shape index (κ2) is 7.82. The minimum Gasteiger partial charge on any atom is -0.474 e. The van der Waals surface area contributed by atoms with Crippen LogP contribution in [0.1, 0.15) is 36.5 Å². The van der Waals surface area contributed by atoms with E-state index in [9.17, 15) is 4.79 Å². The van der Waals surface area contributed by atoms with E-state index in [0.29, 0.717) is 30.0 Å². The van der Waals surface area contributed by atoms with Crippen molar-refractivity contribution in [3.8, 4) is 11.8 Å². The topological polar surface area (TPSA) is 79.3 Å². The Hall–Kier alpha value is -2.84. The number of unbranched alkanes of at least 4 members (excludes halogenated alkanes) is 2. The van der Waals surface area contributed by atoms with Crippen molar-refractivity contribution in [2.75, 3.05) is 18.0 Å². The second-order valence-electron chi connectivity index (χ2n) is 6.04. The Balaban J connectivity index is 1.89. The van der Waals surface area contributed by atoms with Crippen LogP contribution in [0, 0.1) is 11.3 Å². The van der Waals surface area contributed by atoms with Gasteiger partial charge in [-0.25, -0.2) is 0 Å². The molecule has 1 amide bonds. The van der Waals surface area contributed by atoms with Crippen molar-refractivity contribution in [2.24, 2.45) is 5.73 Å². The van der Waals surface area contributed by atoms with E-state index in [2.05, 4.69) is 6.07 Å². The maximum atomic E-state index is 13.0. The second-order valence-corrected chi connectivity index (χ2v) is 6.04. The molecule has 1 atom stereocenters. The number of nitriles is 1. The Morgan fingerprint density at radius 1 is 1.12 bits per heavy atom. The summed E-state index contributed by atoms with van der Waals surface area (Å²) in [6.07, 6.45) is 2.10. The van der Waals surface area contributed by atoms with Gasteiger partial charge in [0, 0.05) is 12.1 Å². The molecule has 0 aromatic heterocycles. The standard InChI is InChI=1S/C20H21N3O2/c21-11-4-1-5-12-23-17-9-2-3-10-18(17)25-19(20(23)24)16-8-6-7-15(13-16)14-22/h2-3,6-10,13,19H,1,4-5,11-12,21H2. The number of carbonyl (C=O) groups is 1. The van der Waals surface area contributed by atoms with Crippen molar-refractivity contribution in [1.82, 2.24) is 0 Å². The highest BCUT2D eigenvalue weighted by Gasteiger charge is 2.35. The number of anilines is 1. The third-order valence-electron chi connectivity index (χ3n) is 4.30. The summed E-state index contributed by atoms with van der Waals surface area (Å²) in [5.74, 6) is 0.592. The summed E-state index contributed by atoms with van der Waals surface area (Å²) in [4.78, 5) is 14.8. The molecule has 25 heavy (non-hydrogen) atoms. The van der Waals surface area contributed by atoms with Crippen molar-refractivity contribution < 1.29 is 9.53 Å². The Labute approximate surface area is 147 Å². The van der Waals surface area contributed by atoms with Crippen LogP contribution in [-0.4, -0.2) is 19.0 Å². The van der Waals surface area contributed by atoms with E-state index in [1.54, 1.807) is 23.1 Å². The highest BCUT2D eigenvalue weighted by molar-refractivity contribution is 6.00. The van der Waals surface area contributed by atoms with Crippen molar-refractivity contribution in [3.05, 3.63) is 59.7 Å². The number of amides is 1. The van der Waals surface area contributed by atoms with Crippen LogP contribution in [0.15, 0.2) is 48.5 Å². The zero-order chi connectivity index (χ0) is 17.6. The lowest BCUT2D eigenvalue weighted by Gasteiger charge is -2.34. The fourth-order valence-corrected chi connectivity index (χ4v) is 3.02. The van der Waals surface area contributed by atoms with E-state index in [4.69, 9.17) is 15.7 Å². The highest BCUT2D eigenvalue weighted by atomic mass is 16.5. The molecule has 1 unspecified atom stereocenters. The molecule has 5 heteroatoms. The van der Waals surface area contributed by atoms with E-state index in [-0.39, 0.29) is 5.91 Å². The Kier molecular flexibility index (Phi) is 5.32. The third kappa shape index (κ3) is 3.65. The molecule has 0 fully saturated rings. The van der Waals surface area contributed by atoms with Crippen molar-refractivity contribution in [1.29, 1.82) is 5.26 Å². The maximum absolute atomic E-state index is 13.0. The third-order valence-corrected chi connectivity index (χ3v) is 4.30. The van der Waals surface area contributed by atoms with Gasteiger partial charge in [-0.1, -0.05) is 30.7 Å². The summed E-state index contributed by atoms with van der Waals surface area (Å²) in [5, 5.41) is 9.11. The number of benzene rings is 2. The van der Waals surface area contributed by atoms with Gasteiger partial charge < -0.3 is 15.4 Å². The van der Waals surface area contributed by atoms with Gasteiger partial charge in [-0.3, -0.25) is 4.79 Å². The molecule has 3 rings (SSSR count). The number of ether oxygens (including phenoxy) is 1. The van der Waals surface area contributed by atoms with E-state index in [1.165, 1.54) is 0 Å². The molecule has 128 valence electrons. The fraction of sp³-hybridized carbons (Fsp3) is 0.300. The van der Waals surface area contributed by atoms with Gasteiger partial charge in [0.05, 0.1) is 17.3 Å². The molecule has 2 aromatic rings. The number of nitrogens with two attached hydrogens (primary N) is 1. The predicted octanol–water partition coefficient (Wildman–Crippen LogP) is 3.15. The van der Waals surface area contributed by atoms with Crippen LogP contribution in [0.25, 0.3) is 0 Å². The fourth-order valence-electron chi connectivity index (χ4n) is 3.02. The lowest BCUT2D eigenvalue weighted by Crippen LogP contribution is -2.41. The summed E-state index contributed by atoms with van der Waals surface area (Å²) in [6.45, 7) is 1.30. The molecule has 0 saturated heterocycles. The largest absolute Gasteiger partial charge is 0.474 e. The summed E-state index contributed by atoms with van der Waals surface area (Å²) >= 11 is 0. The van der Waals surface area contributed by atoms with Crippen LogP contribution in [0.5, 0.6) is 5.75 Å². The molecule has 0 saturated carbocycles. The molecule has 1 aliphatic heterocycles. The minimum atomic E-state index is -0.724. The van der Waals surface area contributed by atoms with Crippen LogP contribution in [0.3, 0.4) is 0 Å². The maximum Gasteiger partial charge on any atom is 0.272 e. The zero-order valence-electron chi connectivity index (χ0n) is 14.0. The van der Waals surface area contributed by atoms with Gasteiger partial charge in [0.1, 0.15) is 5.75 Å². The van der Waals surface area contributed by atoms with Gasteiger partial charge >= 0.3 is 0 Å². The van der Waals surface area contributed by atoms with Gasteiger partial charge in [-0.05, 0) is 43.7 Å². The van der Waals surface area contributed by atoms with Gasteiger partial charge in [-0.2, -0.15) is 5.26 Å². The molecule has 1 heterocycles. The minimum absolute atomic E-state index is 0.0958. The van der Waals surface area contributed by atoms with Crippen molar-refractivity contribution in [2.45, 2.75) is 25.4 Å². The first-order valence-electron chi connectivity index (χ1n) is 8.52. The van der Waals surface area contributed by atoms with E-state index < -0.39 is 6.10 Å². The number of rotatable bonds is 6. The monoisotopic (exact) mass is 335 g/mol. The average Bonchev–Trinajstić information content (AvgIpc) is 2.66. The number of carbonyl (C=O) groups excluding carboxylic acids is 1. The number of para-hydroxylation sites is 2. The molecule has 2 aromatic carbocycles. The number of nitrogens with zero attached hydrogens (tertiary/aromatic N) is 2. The Morgan fingerprint density at radius 2 is 1.96 bits per heavy atom. The molecule has 2 N–H and O–H groups in total. The van der Waals surface area contributed by atoms with E-state index in [1.807, 2.05) is 30.3 Å². The van der Waals surface area contributed by atoms with E-state index >= 15 is 0 Å². The first kappa shape index (κ1) is 17.0. The Morgan fingerprint density at radius 3 is 2.76 bits per heavy atom. The lowest BCUT2D eigenvalue weighted by molar-refractivity contribution is -0.126. The normalized spacial score (nSPS) is 16.1. The number of fused-ring (bicyclic) bond motifs is 1. The molecule has 0 spiro atoms. The van der Waals surface area contributed by atoms with Crippen LogP contribution < -0.4 is 15.4 Å². The first-order chi connectivity index (χ1) is 12.2. The smallest absolute Gasteiger partial charge is 0.272 e. The zero-order valence-corrected chi connectivity index (χ0v) is 14.0. The number of hydrogen-bond acceptors (Lipinski definition) is 4. The van der Waals surface area contributed by atoms with Crippen LogP contribution in [0.4, 0.5) is 5.69 Å². The summed E-state index contributed by atoms with van der Waals surface area (Å²) in [5.41, 5.74) is 7.56. The average molecular weight is 335 g/mol. The molecule has 0 radical (unpaired) electrons. The molecule has 5 nitrogen and oxygen atoms in total. The summed E-state index contributed by atoms with van der Waals surface area (Å²) < 4.78 is 5.97. The quantitative estimate of drug-likeness (QED) is 0.822. The SMILES string of the molecule is N#Cc1cccc(C2Oc3ccccc3N(CCCCCN)C2=O)c1. The first-order valence-corrected chi connectivity index (χ1v) is 8.52. The lowest BCUT2D eigenvalue weighted by atomic mass is 10.0. The van der Waals surface area contributed by atoms with Gasteiger partial charge in [0.2, 0.25) is 6.10 Å². The van der Waals surface area contributed by atoms with Crippen molar-refractivity contribution in [3.63, 3.8) is 0 Å². The molecule has 1 aliphatic rings. The van der Waals surface area contributed by atoms with Gasteiger partial charge in [-0.15, -0.1) is 0 Å². The molecular weight excluding hydrogens is 314 g/mol. The molecule has 0 bridgehead atoms. The van der Waals surface area contributed by atoms with E-state index in [0.717, 1.165) is 24.9 Å². The van der Waals surface area contributed by atoms with Crippen LogP contribution in [-0.2, 0) is 4.79 Å². The van der Waals surface area contributed by atoms with Gasteiger partial charge in [0.15, 0.2) is 0 Å². The molecular formula is C20H21N3O2. The van der Waals surface area contributed by atoms with Crippen LogP contribution >= 0.6 is 0 Å². The number of hydrogen-bond donors (Lipinski definition) is 1. The summed E-state index contributed by atoms with van der Waals surface area (Å²) in [6, 6.07) is 16.7. The van der Waals surface area contributed by atoms with Crippen LogP contribution in [0.2, 0.25) is 0 Å². The molecule has 0 aliphatic carbocycles.